The highest BCUT2D eigenvalue weighted by Gasteiger charge is 2.14. The normalized spacial score (nSPS) is 16.0. The summed E-state index contributed by atoms with van der Waals surface area (Å²) in [6.07, 6.45) is 1.42. The molecule has 2 heterocycles. The lowest BCUT2D eigenvalue weighted by Crippen LogP contribution is -2.41. The first-order chi connectivity index (χ1) is 9.66. The monoisotopic (exact) mass is 282 g/mol. The summed E-state index contributed by atoms with van der Waals surface area (Å²) in [4.78, 5) is 24.8. The Morgan fingerprint density at radius 2 is 2.15 bits per heavy atom. The van der Waals surface area contributed by atoms with E-state index in [-0.39, 0.29) is 18.1 Å². The van der Waals surface area contributed by atoms with E-state index in [9.17, 15) is 9.59 Å². The number of aromatic nitrogens is 2. The summed E-state index contributed by atoms with van der Waals surface area (Å²) < 4.78 is 6.42. The topological polar surface area (TPSA) is 96.7 Å². The molecular formula is C12H18N4O4. The van der Waals surface area contributed by atoms with Gasteiger partial charge in [-0.15, -0.1) is 0 Å². The molecule has 1 aliphatic heterocycles. The highest BCUT2D eigenvalue weighted by atomic mass is 16.5. The van der Waals surface area contributed by atoms with E-state index in [0.29, 0.717) is 6.54 Å². The molecule has 0 aromatic carbocycles. The summed E-state index contributed by atoms with van der Waals surface area (Å²) in [5.41, 5.74) is 0.259. The van der Waals surface area contributed by atoms with E-state index in [0.717, 1.165) is 32.8 Å². The number of ether oxygens (including phenoxy) is 1. The maximum atomic E-state index is 11.9. The number of hydrogen-bond acceptors (Lipinski definition) is 5. The molecule has 0 saturated carbocycles. The van der Waals surface area contributed by atoms with Crippen molar-refractivity contribution >= 4 is 11.9 Å². The molecule has 0 spiro atoms. The van der Waals surface area contributed by atoms with Gasteiger partial charge in [0.15, 0.2) is 0 Å². The van der Waals surface area contributed by atoms with E-state index in [2.05, 4.69) is 15.3 Å². The smallest absolute Gasteiger partial charge is 0.325 e. The van der Waals surface area contributed by atoms with Crippen molar-refractivity contribution in [3.63, 3.8) is 0 Å². The number of nitrogens with zero attached hydrogens (tertiary/aromatic N) is 3. The minimum absolute atomic E-state index is 0.259. The van der Waals surface area contributed by atoms with Crippen molar-refractivity contribution in [2.75, 3.05) is 39.4 Å². The third-order valence-corrected chi connectivity index (χ3v) is 3.05. The molecule has 1 fully saturated rings. The molecule has 20 heavy (non-hydrogen) atoms. The number of aliphatic carboxylic acids is 1. The van der Waals surface area contributed by atoms with Crippen LogP contribution >= 0.6 is 0 Å². The quantitative estimate of drug-likeness (QED) is 0.697. The van der Waals surface area contributed by atoms with Crippen LogP contribution in [0.1, 0.15) is 10.5 Å². The second kappa shape index (κ2) is 7.01. The molecular weight excluding hydrogens is 264 g/mol. The van der Waals surface area contributed by atoms with Gasteiger partial charge in [-0.2, -0.15) is 5.10 Å². The van der Waals surface area contributed by atoms with Gasteiger partial charge in [-0.25, -0.2) is 4.68 Å². The maximum absolute atomic E-state index is 11.9. The van der Waals surface area contributed by atoms with Crippen molar-refractivity contribution < 1.29 is 19.4 Å². The maximum Gasteiger partial charge on any atom is 0.325 e. The third kappa shape index (κ3) is 4.04. The summed E-state index contributed by atoms with van der Waals surface area (Å²) in [5, 5.41) is 15.3. The molecule has 1 aromatic rings. The van der Waals surface area contributed by atoms with Crippen molar-refractivity contribution in [2.24, 2.45) is 0 Å². The summed E-state index contributed by atoms with van der Waals surface area (Å²) >= 11 is 0. The molecule has 2 rings (SSSR count). The standard InChI is InChI=1S/C12H18N4O4/c17-11(18)9-16-10(1-2-14-16)12(19)13-3-4-15-5-7-20-8-6-15/h1-2H,3-9H2,(H,13,19)(H,17,18). The number of hydrogen-bond donors (Lipinski definition) is 2. The number of nitrogens with one attached hydrogen (secondary N) is 1. The van der Waals surface area contributed by atoms with Crippen molar-refractivity contribution in [2.45, 2.75) is 6.54 Å². The lowest BCUT2D eigenvalue weighted by Gasteiger charge is -2.26. The molecule has 8 heteroatoms. The van der Waals surface area contributed by atoms with E-state index in [1.165, 1.54) is 16.9 Å². The number of amides is 1. The van der Waals surface area contributed by atoms with Crippen molar-refractivity contribution in [3.05, 3.63) is 18.0 Å². The Morgan fingerprint density at radius 3 is 2.85 bits per heavy atom. The first kappa shape index (κ1) is 14.5. The van der Waals surface area contributed by atoms with Crippen molar-refractivity contribution in [3.8, 4) is 0 Å². The average molecular weight is 282 g/mol. The van der Waals surface area contributed by atoms with Crippen LogP contribution in [0, 0.1) is 0 Å². The Balaban J connectivity index is 1.79. The van der Waals surface area contributed by atoms with E-state index in [1.807, 2.05) is 0 Å². The minimum atomic E-state index is -1.03. The van der Waals surface area contributed by atoms with Gasteiger partial charge in [-0.3, -0.25) is 14.5 Å². The molecule has 0 atom stereocenters. The lowest BCUT2D eigenvalue weighted by atomic mass is 10.3. The minimum Gasteiger partial charge on any atom is -0.480 e. The third-order valence-electron chi connectivity index (χ3n) is 3.05. The second-order valence-electron chi connectivity index (χ2n) is 4.48. The molecule has 0 aliphatic carbocycles. The van der Waals surface area contributed by atoms with Crippen LogP contribution in [0.25, 0.3) is 0 Å². The van der Waals surface area contributed by atoms with Gasteiger partial charge in [0.05, 0.1) is 13.2 Å². The first-order valence-electron chi connectivity index (χ1n) is 6.49. The number of carbonyl (C=O) groups is 2. The zero-order chi connectivity index (χ0) is 14.4. The van der Waals surface area contributed by atoms with Crippen LogP contribution in [0.5, 0.6) is 0 Å². The fourth-order valence-corrected chi connectivity index (χ4v) is 2.02. The highest BCUT2D eigenvalue weighted by Crippen LogP contribution is 1.99. The van der Waals surface area contributed by atoms with Gasteiger partial charge < -0.3 is 15.2 Å². The fraction of sp³-hybridized carbons (Fsp3) is 0.583. The zero-order valence-electron chi connectivity index (χ0n) is 11.1. The number of carbonyl (C=O) groups excluding carboxylic acids is 1. The molecule has 1 amide bonds. The van der Waals surface area contributed by atoms with E-state index >= 15 is 0 Å². The molecule has 110 valence electrons. The number of rotatable bonds is 6. The second-order valence-corrected chi connectivity index (χ2v) is 4.48. The Hall–Kier alpha value is -1.93. The molecule has 1 saturated heterocycles. The zero-order valence-corrected chi connectivity index (χ0v) is 11.1. The van der Waals surface area contributed by atoms with Gasteiger partial charge in [0.1, 0.15) is 12.2 Å². The van der Waals surface area contributed by atoms with Gasteiger partial charge in [-0.1, -0.05) is 0 Å². The number of morpholine rings is 1. The molecule has 8 nitrogen and oxygen atoms in total. The van der Waals surface area contributed by atoms with Crippen LogP contribution in [-0.2, 0) is 16.1 Å². The summed E-state index contributed by atoms with van der Waals surface area (Å²) in [6, 6.07) is 1.51. The molecule has 0 radical (unpaired) electrons. The molecule has 1 aromatic heterocycles. The van der Waals surface area contributed by atoms with E-state index in [1.54, 1.807) is 0 Å². The van der Waals surface area contributed by atoms with Gasteiger partial charge in [0, 0.05) is 32.4 Å². The van der Waals surface area contributed by atoms with Crippen LogP contribution in [0.3, 0.4) is 0 Å². The van der Waals surface area contributed by atoms with Crippen molar-refractivity contribution in [1.29, 1.82) is 0 Å². The van der Waals surface area contributed by atoms with Crippen LogP contribution in [0.4, 0.5) is 0 Å². The summed E-state index contributed by atoms with van der Waals surface area (Å²) in [7, 11) is 0. The Bertz CT molecular complexity index is 468. The Labute approximate surface area is 116 Å². The summed E-state index contributed by atoms with van der Waals surface area (Å²) in [6.45, 7) is 4.12. The van der Waals surface area contributed by atoms with Gasteiger partial charge in [0.25, 0.3) is 5.91 Å². The number of carboxylic acid groups (broad SMARTS) is 1. The molecule has 0 bridgehead atoms. The van der Waals surface area contributed by atoms with Crippen LogP contribution in [-0.4, -0.2) is 71.1 Å². The summed E-state index contributed by atoms with van der Waals surface area (Å²) in [5.74, 6) is -1.34. The fourth-order valence-electron chi connectivity index (χ4n) is 2.02. The lowest BCUT2D eigenvalue weighted by molar-refractivity contribution is -0.137. The van der Waals surface area contributed by atoms with Crippen LogP contribution in [0.2, 0.25) is 0 Å². The highest BCUT2D eigenvalue weighted by molar-refractivity contribution is 5.92. The average Bonchev–Trinajstić information content (AvgIpc) is 2.87. The van der Waals surface area contributed by atoms with E-state index < -0.39 is 5.97 Å². The predicted octanol–water partition coefficient (Wildman–Crippen LogP) is -0.970. The van der Waals surface area contributed by atoms with Gasteiger partial charge >= 0.3 is 5.97 Å². The first-order valence-corrected chi connectivity index (χ1v) is 6.49. The van der Waals surface area contributed by atoms with Gasteiger partial charge in [0.2, 0.25) is 0 Å². The van der Waals surface area contributed by atoms with Crippen LogP contribution < -0.4 is 5.32 Å². The largest absolute Gasteiger partial charge is 0.480 e. The Morgan fingerprint density at radius 1 is 1.40 bits per heavy atom. The number of carboxylic acids is 1. The molecule has 1 aliphatic rings. The Kier molecular flexibility index (Phi) is 5.08. The molecule has 2 N–H and O–H groups in total. The van der Waals surface area contributed by atoms with Crippen LogP contribution in [0.15, 0.2) is 12.3 Å². The van der Waals surface area contributed by atoms with Crippen molar-refractivity contribution in [1.82, 2.24) is 20.0 Å². The molecule has 0 unspecified atom stereocenters. The predicted molar refractivity (Wildman–Crippen MR) is 69.5 cm³/mol. The SMILES string of the molecule is O=C(O)Cn1nccc1C(=O)NCCN1CCOCC1. The van der Waals surface area contributed by atoms with Gasteiger partial charge in [-0.05, 0) is 6.07 Å². The van der Waals surface area contributed by atoms with E-state index in [4.69, 9.17) is 9.84 Å².